The van der Waals surface area contributed by atoms with Crippen LogP contribution in [0.3, 0.4) is 0 Å². The van der Waals surface area contributed by atoms with Crippen LogP contribution in [0.1, 0.15) is 19.3 Å². The lowest BCUT2D eigenvalue weighted by Gasteiger charge is -2.28. The predicted molar refractivity (Wildman–Crippen MR) is 113 cm³/mol. The molecule has 2 N–H and O–H groups in total. The summed E-state index contributed by atoms with van der Waals surface area (Å²) in [7, 11) is 1.60. The van der Waals surface area contributed by atoms with Gasteiger partial charge in [-0.2, -0.15) is 0 Å². The molecule has 0 saturated carbocycles. The Hall–Kier alpha value is -3.22. The second-order valence-corrected chi connectivity index (χ2v) is 6.83. The molecule has 0 radical (unpaired) electrons. The van der Waals surface area contributed by atoms with Gasteiger partial charge in [-0.15, -0.1) is 0 Å². The summed E-state index contributed by atoms with van der Waals surface area (Å²) in [6.45, 7) is 2.61. The van der Waals surface area contributed by atoms with Gasteiger partial charge in [0.05, 0.1) is 13.7 Å². The molecule has 2 aromatic carbocycles. The second kappa shape index (κ2) is 10.4. The molecular formula is C22H27N3O4. The topological polar surface area (TPSA) is 79.9 Å². The number of hydrogen-bond donors (Lipinski definition) is 2. The third-order valence-corrected chi connectivity index (χ3v) is 4.77. The second-order valence-electron chi connectivity index (χ2n) is 6.83. The zero-order chi connectivity index (χ0) is 20.5. The van der Waals surface area contributed by atoms with Gasteiger partial charge < -0.3 is 25.0 Å². The largest absolute Gasteiger partial charge is 0.497 e. The van der Waals surface area contributed by atoms with Gasteiger partial charge >= 0.3 is 11.8 Å². The molecule has 0 atom stereocenters. The van der Waals surface area contributed by atoms with E-state index in [9.17, 15) is 9.59 Å². The molecule has 1 aliphatic heterocycles. The molecule has 0 unspecified atom stereocenters. The Balaban J connectivity index is 1.38. The molecule has 1 fully saturated rings. The fourth-order valence-corrected chi connectivity index (χ4v) is 3.18. The minimum absolute atomic E-state index is 0.228. The van der Waals surface area contributed by atoms with Crippen LogP contribution in [0.2, 0.25) is 0 Å². The van der Waals surface area contributed by atoms with Crippen LogP contribution in [-0.4, -0.2) is 45.2 Å². The van der Waals surface area contributed by atoms with Gasteiger partial charge in [0.1, 0.15) is 18.1 Å². The quantitative estimate of drug-likeness (QED) is 0.555. The molecule has 1 aliphatic rings. The number of nitrogens with zero attached hydrogens (tertiary/aromatic N) is 1. The monoisotopic (exact) mass is 397 g/mol. The Bertz CT molecular complexity index is 800. The molecule has 0 aromatic heterocycles. The molecule has 0 aliphatic carbocycles. The fraction of sp³-hybridized carbons (Fsp3) is 0.364. The van der Waals surface area contributed by atoms with Crippen LogP contribution >= 0.6 is 0 Å². The normalized spacial score (nSPS) is 13.5. The van der Waals surface area contributed by atoms with E-state index in [1.165, 1.54) is 19.3 Å². The van der Waals surface area contributed by atoms with E-state index < -0.39 is 11.8 Å². The maximum atomic E-state index is 12.0. The highest BCUT2D eigenvalue weighted by Crippen LogP contribution is 2.21. The zero-order valence-electron chi connectivity index (χ0n) is 16.6. The number of carbonyl (C=O) groups is 2. The number of amides is 2. The van der Waals surface area contributed by atoms with Crippen molar-refractivity contribution in [3.05, 3.63) is 48.5 Å². The summed E-state index contributed by atoms with van der Waals surface area (Å²) < 4.78 is 10.6. The Morgan fingerprint density at radius 3 is 2.21 bits per heavy atom. The van der Waals surface area contributed by atoms with Crippen LogP contribution in [0.25, 0.3) is 0 Å². The first-order valence-corrected chi connectivity index (χ1v) is 9.87. The lowest BCUT2D eigenvalue weighted by atomic mass is 10.1. The molecule has 1 saturated heterocycles. The Morgan fingerprint density at radius 1 is 0.897 bits per heavy atom. The van der Waals surface area contributed by atoms with Crippen LogP contribution in [0, 0.1) is 0 Å². The Labute approximate surface area is 171 Å². The molecule has 2 aromatic rings. The number of piperidine rings is 1. The molecule has 0 spiro atoms. The summed E-state index contributed by atoms with van der Waals surface area (Å²) >= 11 is 0. The van der Waals surface area contributed by atoms with Crippen molar-refractivity contribution in [1.29, 1.82) is 0 Å². The number of anilines is 2. The molecule has 0 bridgehead atoms. The van der Waals surface area contributed by atoms with Gasteiger partial charge in [-0.3, -0.25) is 9.59 Å². The number of rotatable bonds is 7. The SMILES string of the molecule is COc1ccc(OCCNC(=O)C(=O)Nc2ccc(N3CCCCC3)cc2)cc1. The van der Waals surface area contributed by atoms with E-state index in [0.717, 1.165) is 24.5 Å². The van der Waals surface area contributed by atoms with Crippen molar-refractivity contribution < 1.29 is 19.1 Å². The average molecular weight is 397 g/mol. The Kier molecular flexibility index (Phi) is 7.33. The minimum Gasteiger partial charge on any atom is -0.497 e. The highest BCUT2D eigenvalue weighted by atomic mass is 16.5. The first kappa shape index (κ1) is 20.5. The van der Waals surface area contributed by atoms with Gasteiger partial charge in [-0.25, -0.2) is 0 Å². The summed E-state index contributed by atoms with van der Waals surface area (Å²) in [4.78, 5) is 26.3. The van der Waals surface area contributed by atoms with E-state index in [0.29, 0.717) is 11.4 Å². The average Bonchev–Trinajstić information content (AvgIpc) is 2.78. The molecule has 29 heavy (non-hydrogen) atoms. The van der Waals surface area contributed by atoms with Crippen LogP contribution in [0.4, 0.5) is 11.4 Å². The molecule has 2 amide bonds. The van der Waals surface area contributed by atoms with Crippen LogP contribution in [0.15, 0.2) is 48.5 Å². The van der Waals surface area contributed by atoms with E-state index in [-0.39, 0.29) is 13.2 Å². The number of carbonyl (C=O) groups excluding carboxylic acids is 2. The van der Waals surface area contributed by atoms with Crippen molar-refractivity contribution in [3.8, 4) is 11.5 Å². The van der Waals surface area contributed by atoms with Crippen molar-refractivity contribution in [1.82, 2.24) is 5.32 Å². The molecule has 154 valence electrons. The number of nitrogens with one attached hydrogen (secondary N) is 2. The smallest absolute Gasteiger partial charge is 0.313 e. The first-order valence-electron chi connectivity index (χ1n) is 9.87. The fourth-order valence-electron chi connectivity index (χ4n) is 3.18. The maximum Gasteiger partial charge on any atom is 0.313 e. The van der Waals surface area contributed by atoms with Gasteiger partial charge in [0.15, 0.2) is 0 Å². The Morgan fingerprint density at radius 2 is 1.55 bits per heavy atom. The maximum absolute atomic E-state index is 12.0. The first-order chi connectivity index (χ1) is 14.2. The number of hydrogen-bond acceptors (Lipinski definition) is 5. The van der Waals surface area contributed by atoms with Crippen molar-refractivity contribution in [2.24, 2.45) is 0 Å². The van der Waals surface area contributed by atoms with Crippen molar-refractivity contribution in [2.45, 2.75) is 19.3 Å². The summed E-state index contributed by atoms with van der Waals surface area (Å²) in [5.74, 6) is 0.0215. The van der Waals surface area contributed by atoms with E-state index in [2.05, 4.69) is 15.5 Å². The summed E-state index contributed by atoms with van der Waals surface area (Å²) in [6.07, 6.45) is 3.70. The van der Waals surface area contributed by atoms with Gasteiger partial charge in [0.25, 0.3) is 0 Å². The van der Waals surface area contributed by atoms with Crippen molar-refractivity contribution >= 4 is 23.2 Å². The highest BCUT2D eigenvalue weighted by molar-refractivity contribution is 6.39. The molecule has 1 heterocycles. The van der Waals surface area contributed by atoms with Gasteiger partial charge in [-0.1, -0.05) is 0 Å². The third-order valence-electron chi connectivity index (χ3n) is 4.77. The number of benzene rings is 2. The standard InChI is InChI=1S/C22H27N3O4/c1-28-19-9-11-20(12-10-19)29-16-13-23-21(26)22(27)24-17-5-7-18(8-6-17)25-14-3-2-4-15-25/h5-12H,2-4,13-16H2,1H3,(H,23,26)(H,24,27). The summed E-state index contributed by atoms with van der Waals surface area (Å²) in [6, 6.07) is 14.7. The van der Waals surface area contributed by atoms with Crippen LogP contribution < -0.4 is 25.0 Å². The van der Waals surface area contributed by atoms with Gasteiger partial charge in [-0.05, 0) is 67.8 Å². The summed E-state index contributed by atoms with van der Waals surface area (Å²) in [5, 5.41) is 5.17. The van der Waals surface area contributed by atoms with Crippen molar-refractivity contribution in [3.63, 3.8) is 0 Å². The lowest BCUT2D eigenvalue weighted by Crippen LogP contribution is -2.37. The minimum atomic E-state index is -0.694. The van der Waals surface area contributed by atoms with E-state index in [1.807, 2.05) is 24.3 Å². The van der Waals surface area contributed by atoms with Gasteiger partial charge in [0, 0.05) is 24.5 Å². The van der Waals surface area contributed by atoms with Crippen molar-refractivity contribution in [2.75, 3.05) is 43.6 Å². The van der Waals surface area contributed by atoms with E-state index in [4.69, 9.17) is 9.47 Å². The third kappa shape index (κ3) is 6.14. The predicted octanol–water partition coefficient (Wildman–Crippen LogP) is 2.82. The van der Waals surface area contributed by atoms with E-state index in [1.54, 1.807) is 31.4 Å². The van der Waals surface area contributed by atoms with Crippen LogP contribution in [-0.2, 0) is 9.59 Å². The van der Waals surface area contributed by atoms with E-state index >= 15 is 0 Å². The molecule has 7 heteroatoms. The zero-order valence-corrected chi connectivity index (χ0v) is 16.6. The number of methoxy groups -OCH3 is 1. The van der Waals surface area contributed by atoms with Gasteiger partial charge in [0.2, 0.25) is 0 Å². The van der Waals surface area contributed by atoms with Crippen LogP contribution in [0.5, 0.6) is 11.5 Å². The highest BCUT2D eigenvalue weighted by Gasteiger charge is 2.14. The molecule has 3 rings (SSSR count). The summed E-state index contributed by atoms with van der Waals surface area (Å²) in [5.41, 5.74) is 1.74. The number of ether oxygens (including phenoxy) is 2. The molecular weight excluding hydrogens is 370 g/mol. The molecule has 7 nitrogen and oxygen atoms in total. The lowest BCUT2D eigenvalue weighted by molar-refractivity contribution is -0.136.